The molecule has 0 aliphatic heterocycles. The molecule has 6 nitrogen and oxygen atoms in total. The summed E-state index contributed by atoms with van der Waals surface area (Å²) in [7, 11) is 0. The van der Waals surface area contributed by atoms with Gasteiger partial charge in [0, 0.05) is 6.54 Å². The highest BCUT2D eigenvalue weighted by Crippen LogP contribution is 2.09. The first kappa shape index (κ1) is 13.7. The minimum absolute atomic E-state index is 0.207. The average Bonchev–Trinajstić information content (AvgIpc) is 1.99. The van der Waals surface area contributed by atoms with Gasteiger partial charge < -0.3 is 20.9 Å². The summed E-state index contributed by atoms with van der Waals surface area (Å²) in [5.41, 5.74) is 3.10. The van der Waals surface area contributed by atoms with Crippen LogP contribution in [-0.2, 0) is 9.53 Å². The first-order chi connectivity index (χ1) is 6.60. The monoisotopic (exact) mass is 218 g/mol. The molecule has 1 unspecified atom stereocenters. The smallest absolute Gasteiger partial charge is 0.408 e. The van der Waals surface area contributed by atoms with Crippen LogP contribution >= 0.6 is 0 Å². The van der Waals surface area contributed by atoms with E-state index in [-0.39, 0.29) is 6.54 Å². The van der Waals surface area contributed by atoms with E-state index in [9.17, 15) is 9.59 Å². The summed E-state index contributed by atoms with van der Waals surface area (Å²) in [6.45, 7) is 6.17. The lowest BCUT2D eigenvalue weighted by Crippen LogP contribution is -2.57. The molecule has 0 aromatic rings. The second-order valence-electron chi connectivity index (χ2n) is 4.47. The summed E-state index contributed by atoms with van der Waals surface area (Å²) < 4.78 is 4.92. The maximum absolute atomic E-state index is 11.3. The molecule has 6 heteroatoms. The van der Waals surface area contributed by atoms with Gasteiger partial charge in [-0.3, -0.25) is 0 Å². The number of hydrogen-bond acceptors (Lipinski definition) is 4. The van der Waals surface area contributed by atoms with Gasteiger partial charge in [0.15, 0.2) is 0 Å². The Morgan fingerprint density at radius 3 is 2.07 bits per heavy atom. The van der Waals surface area contributed by atoms with Crippen molar-refractivity contribution in [3.63, 3.8) is 0 Å². The van der Waals surface area contributed by atoms with Crippen molar-refractivity contribution < 1.29 is 19.4 Å². The fourth-order valence-electron chi connectivity index (χ4n) is 0.721. The lowest BCUT2D eigenvalue weighted by atomic mass is 10.0. The Kier molecular flexibility index (Phi) is 4.09. The number of carbonyl (C=O) groups excluding carboxylic acids is 1. The molecule has 0 bridgehead atoms. The topological polar surface area (TPSA) is 102 Å². The van der Waals surface area contributed by atoms with E-state index in [4.69, 9.17) is 15.6 Å². The Labute approximate surface area is 88.8 Å². The third kappa shape index (κ3) is 4.64. The van der Waals surface area contributed by atoms with Crippen molar-refractivity contribution in [2.24, 2.45) is 5.73 Å². The third-order valence-electron chi connectivity index (χ3n) is 1.66. The second-order valence-corrected chi connectivity index (χ2v) is 4.47. The van der Waals surface area contributed by atoms with Crippen LogP contribution in [0.4, 0.5) is 4.79 Å². The Hall–Kier alpha value is -1.30. The number of alkyl carbamates (subject to hydrolysis) is 1. The minimum Gasteiger partial charge on any atom is -0.479 e. The zero-order chi connectivity index (χ0) is 12.3. The zero-order valence-corrected chi connectivity index (χ0v) is 9.46. The van der Waals surface area contributed by atoms with Crippen molar-refractivity contribution in [3.8, 4) is 0 Å². The third-order valence-corrected chi connectivity index (χ3v) is 1.66. The van der Waals surface area contributed by atoms with Crippen molar-refractivity contribution in [1.29, 1.82) is 0 Å². The molecule has 1 atom stereocenters. The summed E-state index contributed by atoms with van der Waals surface area (Å²) in [4.78, 5) is 22.1. The van der Waals surface area contributed by atoms with Gasteiger partial charge >= 0.3 is 12.1 Å². The Morgan fingerprint density at radius 2 is 1.80 bits per heavy atom. The lowest BCUT2D eigenvalue weighted by molar-refractivity contribution is -0.143. The van der Waals surface area contributed by atoms with E-state index in [0.29, 0.717) is 0 Å². The molecule has 0 aliphatic rings. The van der Waals surface area contributed by atoms with Gasteiger partial charge in [-0.2, -0.15) is 0 Å². The fourth-order valence-corrected chi connectivity index (χ4v) is 0.721. The molecule has 0 aliphatic carbocycles. The number of nitrogens with one attached hydrogen (secondary N) is 1. The van der Waals surface area contributed by atoms with Gasteiger partial charge in [-0.1, -0.05) is 0 Å². The lowest BCUT2D eigenvalue weighted by Gasteiger charge is -2.27. The first-order valence-electron chi connectivity index (χ1n) is 4.55. The molecule has 0 heterocycles. The van der Waals surface area contributed by atoms with Crippen LogP contribution in [0.3, 0.4) is 0 Å². The number of rotatable bonds is 3. The van der Waals surface area contributed by atoms with E-state index in [2.05, 4.69) is 5.32 Å². The van der Waals surface area contributed by atoms with E-state index >= 15 is 0 Å². The highest BCUT2D eigenvalue weighted by molar-refractivity contribution is 5.84. The Balaban J connectivity index is 4.45. The minimum atomic E-state index is -1.50. The molecule has 0 spiro atoms. The summed E-state index contributed by atoms with van der Waals surface area (Å²) in [6.07, 6.45) is -0.794. The van der Waals surface area contributed by atoms with Crippen LogP contribution in [0.25, 0.3) is 0 Å². The molecule has 88 valence electrons. The molecule has 0 rings (SSSR count). The van der Waals surface area contributed by atoms with Gasteiger partial charge in [-0.05, 0) is 27.7 Å². The van der Waals surface area contributed by atoms with Crippen LogP contribution in [0.5, 0.6) is 0 Å². The maximum Gasteiger partial charge on any atom is 0.408 e. The van der Waals surface area contributed by atoms with Crippen molar-refractivity contribution in [1.82, 2.24) is 5.32 Å². The van der Waals surface area contributed by atoms with Crippen LogP contribution in [0, 0.1) is 0 Å². The van der Waals surface area contributed by atoms with Gasteiger partial charge in [0.05, 0.1) is 0 Å². The molecular weight excluding hydrogens is 200 g/mol. The largest absolute Gasteiger partial charge is 0.479 e. The van der Waals surface area contributed by atoms with Crippen molar-refractivity contribution in [3.05, 3.63) is 0 Å². The standard InChI is InChI=1S/C9H18N2O4/c1-8(2,3)15-7(14)11-9(4,5-10)6(12)13/h5,10H2,1-4H3,(H,11,14)(H,12,13). The van der Waals surface area contributed by atoms with Crippen LogP contribution in [-0.4, -0.2) is 34.9 Å². The van der Waals surface area contributed by atoms with Gasteiger partial charge in [-0.15, -0.1) is 0 Å². The van der Waals surface area contributed by atoms with E-state index in [1.807, 2.05) is 0 Å². The fraction of sp³-hybridized carbons (Fsp3) is 0.778. The van der Waals surface area contributed by atoms with E-state index < -0.39 is 23.2 Å². The summed E-state index contributed by atoms with van der Waals surface area (Å²) in [6, 6.07) is 0. The van der Waals surface area contributed by atoms with Gasteiger partial charge in [0.25, 0.3) is 0 Å². The molecule has 0 fully saturated rings. The molecule has 4 N–H and O–H groups in total. The average molecular weight is 218 g/mol. The molecule has 0 saturated heterocycles. The highest BCUT2D eigenvalue weighted by atomic mass is 16.6. The van der Waals surface area contributed by atoms with Gasteiger partial charge in [-0.25, -0.2) is 9.59 Å². The van der Waals surface area contributed by atoms with E-state index in [0.717, 1.165) is 0 Å². The Morgan fingerprint density at radius 1 is 1.33 bits per heavy atom. The van der Waals surface area contributed by atoms with Crippen molar-refractivity contribution in [2.45, 2.75) is 38.8 Å². The van der Waals surface area contributed by atoms with Crippen LogP contribution in [0.15, 0.2) is 0 Å². The highest BCUT2D eigenvalue weighted by Gasteiger charge is 2.34. The summed E-state index contributed by atoms with van der Waals surface area (Å²) in [5.74, 6) is -1.20. The second kappa shape index (κ2) is 4.48. The summed E-state index contributed by atoms with van der Waals surface area (Å²) >= 11 is 0. The molecule has 0 aromatic heterocycles. The van der Waals surface area contributed by atoms with E-state index in [1.54, 1.807) is 20.8 Å². The number of ether oxygens (including phenoxy) is 1. The summed E-state index contributed by atoms with van der Waals surface area (Å²) in [5, 5.41) is 11.0. The number of hydrogen-bond donors (Lipinski definition) is 3. The van der Waals surface area contributed by atoms with Crippen LogP contribution < -0.4 is 11.1 Å². The van der Waals surface area contributed by atoms with Crippen molar-refractivity contribution >= 4 is 12.1 Å². The number of carbonyl (C=O) groups is 2. The van der Waals surface area contributed by atoms with Crippen LogP contribution in [0.2, 0.25) is 0 Å². The normalized spacial score (nSPS) is 15.3. The molecule has 1 amide bonds. The SMILES string of the molecule is CC(C)(C)OC(=O)NC(C)(CN)C(=O)O. The first-order valence-corrected chi connectivity index (χ1v) is 4.55. The molecule has 0 saturated carbocycles. The number of nitrogens with two attached hydrogens (primary N) is 1. The number of carboxylic acids is 1. The molecular formula is C9H18N2O4. The van der Waals surface area contributed by atoms with Crippen molar-refractivity contribution in [2.75, 3.05) is 6.54 Å². The number of amides is 1. The maximum atomic E-state index is 11.3. The molecule has 0 aromatic carbocycles. The predicted molar refractivity (Wildman–Crippen MR) is 54.5 cm³/mol. The number of aliphatic carboxylic acids is 1. The Bertz CT molecular complexity index is 259. The zero-order valence-electron chi connectivity index (χ0n) is 9.46. The molecule has 0 radical (unpaired) electrons. The van der Waals surface area contributed by atoms with Gasteiger partial charge in [0.2, 0.25) is 0 Å². The molecule has 15 heavy (non-hydrogen) atoms. The van der Waals surface area contributed by atoms with Gasteiger partial charge in [0.1, 0.15) is 11.1 Å². The predicted octanol–water partition coefficient (Wildman–Crippen LogP) is 0.313. The van der Waals surface area contributed by atoms with Crippen LogP contribution in [0.1, 0.15) is 27.7 Å². The quantitative estimate of drug-likeness (QED) is 0.633. The number of carboxylic acid groups (broad SMARTS) is 1. The van der Waals surface area contributed by atoms with E-state index in [1.165, 1.54) is 6.92 Å².